The van der Waals surface area contributed by atoms with Crippen molar-refractivity contribution in [2.75, 3.05) is 33.2 Å². The largest absolute Gasteiger partial charge is 0.312 e. The summed E-state index contributed by atoms with van der Waals surface area (Å²) in [4.78, 5) is 5.21. The minimum absolute atomic E-state index is 0.699. The van der Waals surface area contributed by atoms with Gasteiger partial charge in [-0.15, -0.1) is 0 Å². The summed E-state index contributed by atoms with van der Waals surface area (Å²) in [5.74, 6) is 1.52. The zero-order valence-corrected chi connectivity index (χ0v) is 14.2. The molecule has 0 amide bonds. The normalized spacial score (nSPS) is 34.8. The Balaban J connectivity index is 1.85. The van der Waals surface area contributed by atoms with Crippen molar-refractivity contribution in [3.63, 3.8) is 0 Å². The maximum atomic E-state index is 3.91. The minimum Gasteiger partial charge on any atom is -0.312 e. The lowest BCUT2D eigenvalue weighted by Crippen LogP contribution is -2.54. The van der Waals surface area contributed by atoms with Crippen LogP contribution in [0.3, 0.4) is 0 Å². The molecule has 0 radical (unpaired) electrons. The maximum Gasteiger partial charge on any atom is 0.0243 e. The molecular formula is C17H35N3. The zero-order chi connectivity index (χ0) is 14.7. The molecule has 2 aliphatic heterocycles. The van der Waals surface area contributed by atoms with Crippen LogP contribution in [0.15, 0.2) is 0 Å². The molecule has 0 saturated carbocycles. The molecule has 3 heteroatoms. The molecule has 3 nitrogen and oxygen atoms in total. The van der Waals surface area contributed by atoms with Crippen LogP contribution < -0.4 is 5.32 Å². The molecule has 0 spiro atoms. The van der Waals surface area contributed by atoms with Crippen molar-refractivity contribution in [1.82, 2.24) is 15.1 Å². The van der Waals surface area contributed by atoms with Crippen LogP contribution in [-0.2, 0) is 0 Å². The summed E-state index contributed by atoms with van der Waals surface area (Å²) < 4.78 is 0. The fraction of sp³-hybridized carbons (Fsp3) is 1.00. The first-order valence-corrected chi connectivity index (χ1v) is 8.66. The van der Waals surface area contributed by atoms with E-state index < -0.39 is 0 Å². The first-order chi connectivity index (χ1) is 9.49. The summed E-state index contributed by atoms with van der Waals surface area (Å²) in [7, 11) is 2.26. The maximum absolute atomic E-state index is 3.91. The Kier molecular flexibility index (Phi) is 5.88. The van der Waals surface area contributed by atoms with Crippen LogP contribution in [0, 0.1) is 11.8 Å². The van der Waals surface area contributed by atoms with Crippen LogP contribution in [0.25, 0.3) is 0 Å². The van der Waals surface area contributed by atoms with Gasteiger partial charge in [0.15, 0.2) is 0 Å². The van der Waals surface area contributed by atoms with E-state index in [0.717, 1.165) is 17.9 Å². The number of likely N-dealkylation sites (tertiary alicyclic amines) is 2. The third-order valence-electron chi connectivity index (χ3n) is 5.58. The van der Waals surface area contributed by atoms with Crippen LogP contribution in [0.5, 0.6) is 0 Å². The average Bonchev–Trinajstić information content (AvgIpc) is 2.89. The Labute approximate surface area is 126 Å². The molecule has 0 aromatic carbocycles. The van der Waals surface area contributed by atoms with Gasteiger partial charge in [-0.3, -0.25) is 4.90 Å². The second kappa shape index (κ2) is 7.24. The van der Waals surface area contributed by atoms with Crippen molar-refractivity contribution in [2.24, 2.45) is 11.8 Å². The summed E-state index contributed by atoms with van der Waals surface area (Å²) in [5, 5.41) is 3.91. The second-order valence-electron chi connectivity index (χ2n) is 7.57. The molecule has 0 aliphatic carbocycles. The molecule has 0 aromatic heterocycles. The van der Waals surface area contributed by atoms with Crippen molar-refractivity contribution < 1.29 is 0 Å². The van der Waals surface area contributed by atoms with Crippen molar-refractivity contribution >= 4 is 0 Å². The predicted molar refractivity (Wildman–Crippen MR) is 87.1 cm³/mol. The van der Waals surface area contributed by atoms with Crippen LogP contribution >= 0.6 is 0 Å². The van der Waals surface area contributed by atoms with Crippen molar-refractivity contribution in [3.05, 3.63) is 0 Å². The van der Waals surface area contributed by atoms with Crippen LogP contribution in [0.2, 0.25) is 0 Å². The van der Waals surface area contributed by atoms with Gasteiger partial charge in [-0.05, 0) is 58.2 Å². The van der Waals surface area contributed by atoms with E-state index in [4.69, 9.17) is 0 Å². The number of hydrogen-bond donors (Lipinski definition) is 1. The molecule has 4 unspecified atom stereocenters. The van der Waals surface area contributed by atoms with E-state index in [1.54, 1.807) is 0 Å². The summed E-state index contributed by atoms with van der Waals surface area (Å²) in [5.41, 5.74) is 0. The lowest BCUT2D eigenvalue weighted by atomic mass is 9.89. The highest BCUT2D eigenvalue weighted by atomic mass is 15.2. The summed E-state index contributed by atoms with van der Waals surface area (Å²) >= 11 is 0. The molecule has 20 heavy (non-hydrogen) atoms. The third-order valence-corrected chi connectivity index (χ3v) is 5.58. The van der Waals surface area contributed by atoms with Gasteiger partial charge in [0.05, 0.1) is 0 Å². The van der Waals surface area contributed by atoms with E-state index in [-0.39, 0.29) is 0 Å². The van der Waals surface area contributed by atoms with Crippen LogP contribution in [-0.4, -0.2) is 61.2 Å². The number of nitrogens with zero attached hydrogens (tertiary/aromatic N) is 2. The second-order valence-corrected chi connectivity index (χ2v) is 7.57. The van der Waals surface area contributed by atoms with E-state index in [0.29, 0.717) is 12.1 Å². The molecule has 2 aliphatic rings. The van der Waals surface area contributed by atoms with E-state index in [1.807, 2.05) is 0 Å². The molecule has 0 aromatic rings. The smallest absolute Gasteiger partial charge is 0.0243 e. The average molecular weight is 281 g/mol. The molecule has 1 N–H and O–H groups in total. The highest BCUT2D eigenvalue weighted by Crippen LogP contribution is 2.22. The molecule has 2 rings (SSSR count). The quantitative estimate of drug-likeness (QED) is 0.835. The first-order valence-electron chi connectivity index (χ1n) is 8.66. The number of nitrogens with one attached hydrogen (secondary N) is 1. The van der Waals surface area contributed by atoms with Gasteiger partial charge in [0.25, 0.3) is 0 Å². The molecular weight excluding hydrogens is 246 g/mol. The van der Waals surface area contributed by atoms with E-state index in [1.165, 1.54) is 45.4 Å². The van der Waals surface area contributed by atoms with Crippen molar-refractivity contribution in [2.45, 2.75) is 65.1 Å². The van der Waals surface area contributed by atoms with Crippen molar-refractivity contribution in [3.8, 4) is 0 Å². The summed E-state index contributed by atoms with van der Waals surface area (Å²) in [6, 6.07) is 2.14. The van der Waals surface area contributed by atoms with Crippen LogP contribution in [0.4, 0.5) is 0 Å². The molecule has 2 saturated heterocycles. The van der Waals surface area contributed by atoms with E-state index >= 15 is 0 Å². The number of piperidine rings is 1. The van der Waals surface area contributed by atoms with Gasteiger partial charge in [0.1, 0.15) is 0 Å². The molecule has 2 fully saturated rings. The monoisotopic (exact) mass is 281 g/mol. The Hall–Kier alpha value is -0.120. The fourth-order valence-corrected chi connectivity index (χ4v) is 3.96. The Morgan fingerprint density at radius 1 is 1.15 bits per heavy atom. The molecule has 4 atom stereocenters. The summed E-state index contributed by atoms with van der Waals surface area (Å²) in [6.07, 6.45) is 4.08. The van der Waals surface area contributed by atoms with Gasteiger partial charge >= 0.3 is 0 Å². The lowest BCUT2D eigenvalue weighted by Gasteiger charge is -2.41. The molecule has 0 bridgehead atoms. The van der Waals surface area contributed by atoms with Gasteiger partial charge in [-0.1, -0.05) is 20.8 Å². The SMILES string of the molecule is CC(C)C(CNC1CC(C)N(C)CC1C)N1CCCC1. The van der Waals surface area contributed by atoms with Gasteiger partial charge in [-0.25, -0.2) is 0 Å². The van der Waals surface area contributed by atoms with E-state index in [2.05, 4.69) is 49.9 Å². The number of rotatable bonds is 5. The summed E-state index contributed by atoms with van der Waals surface area (Å²) in [6.45, 7) is 14.5. The topological polar surface area (TPSA) is 18.5 Å². The van der Waals surface area contributed by atoms with E-state index in [9.17, 15) is 0 Å². The number of hydrogen-bond acceptors (Lipinski definition) is 3. The lowest BCUT2D eigenvalue weighted by molar-refractivity contribution is 0.109. The highest BCUT2D eigenvalue weighted by Gasteiger charge is 2.30. The minimum atomic E-state index is 0.699. The molecule has 118 valence electrons. The highest BCUT2D eigenvalue weighted by molar-refractivity contribution is 4.88. The Morgan fingerprint density at radius 3 is 2.40 bits per heavy atom. The van der Waals surface area contributed by atoms with Gasteiger partial charge in [0.2, 0.25) is 0 Å². The Morgan fingerprint density at radius 2 is 1.80 bits per heavy atom. The fourth-order valence-electron chi connectivity index (χ4n) is 3.96. The standard InChI is InChI=1S/C17H35N3/c1-13(2)17(20-8-6-7-9-20)11-18-16-10-15(4)19(5)12-14(16)3/h13-18H,6-12H2,1-5H3. The van der Waals surface area contributed by atoms with Gasteiger partial charge in [-0.2, -0.15) is 0 Å². The Bertz CT molecular complexity index is 286. The van der Waals surface area contributed by atoms with Gasteiger partial charge < -0.3 is 10.2 Å². The van der Waals surface area contributed by atoms with Gasteiger partial charge in [0, 0.05) is 31.2 Å². The van der Waals surface area contributed by atoms with Crippen LogP contribution in [0.1, 0.15) is 47.0 Å². The predicted octanol–water partition coefficient (Wildman–Crippen LogP) is 2.43. The van der Waals surface area contributed by atoms with Crippen molar-refractivity contribution in [1.29, 1.82) is 0 Å². The third kappa shape index (κ3) is 3.96. The first kappa shape index (κ1) is 16.3. The zero-order valence-electron chi connectivity index (χ0n) is 14.2. The molecule has 2 heterocycles.